The maximum atomic E-state index is 11.9. The Labute approximate surface area is 126 Å². The second-order valence-corrected chi connectivity index (χ2v) is 6.82. The number of hydrogen-bond donors (Lipinski definition) is 1. The van der Waals surface area contributed by atoms with E-state index in [4.69, 9.17) is 9.47 Å². The highest BCUT2D eigenvalue weighted by molar-refractivity contribution is 5.97. The predicted molar refractivity (Wildman–Crippen MR) is 80.7 cm³/mol. The Kier molecular flexibility index (Phi) is 4.71. The summed E-state index contributed by atoms with van der Waals surface area (Å²) in [6.07, 6.45) is 5.24. The lowest BCUT2D eigenvalue weighted by molar-refractivity contribution is -0.256. The molecule has 0 aromatic carbocycles. The van der Waals surface area contributed by atoms with Crippen molar-refractivity contribution >= 4 is 5.78 Å². The monoisotopic (exact) mass is 294 g/mol. The summed E-state index contributed by atoms with van der Waals surface area (Å²) in [5, 5.41) is 9.70. The number of carbonyl (C=O) groups is 1. The molecule has 1 atom stereocenters. The standard InChI is InChI=1S/C17H26O4/c1-12-14(17(4,11-18)8-7-15(12)19)6-5-13-9-20-16(2,3)21-10-13/h5-6,13,18H,7-11H2,1-4H3/b6-5+/t17-/m1/s1. The number of rotatable bonds is 3. The van der Waals surface area contributed by atoms with Gasteiger partial charge in [0, 0.05) is 17.8 Å². The van der Waals surface area contributed by atoms with Gasteiger partial charge in [0.15, 0.2) is 11.6 Å². The maximum absolute atomic E-state index is 11.9. The van der Waals surface area contributed by atoms with Gasteiger partial charge >= 0.3 is 0 Å². The molecule has 118 valence electrons. The third-order valence-electron chi connectivity index (χ3n) is 4.55. The molecule has 4 nitrogen and oxygen atoms in total. The van der Waals surface area contributed by atoms with Gasteiger partial charge < -0.3 is 14.6 Å². The van der Waals surface area contributed by atoms with E-state index in [1.807, 2.05) is 39.8 Å². The summed E-state index contributed by atoms with van der Waals surface area (Å²) in [7, 11) is 0. The Bertz CT molecular complexity index is 465. The third-order valence-corrected chi connectivity index (χ3v) is 4.55. The molecule has 1 fully saturated rings. The molecule has 0 radical (unpaired) electrons. The van der Waals surface area contributed by atoms with Gasteiger partial charge in [-0.05, 0) is 38.3 Å². The molecular weight excluding hydrogens is 268 g/mol. The second kappa shape index (κ2) is 6.03. The SMILES string of the molecule is CC1=C(/C=C/C2COC(C)(C)OC2)[C@@](C)(CO)CCC1=O. The summed E-state index contributed by atoms with van der Waals surface area (Å²) in [6.45, 7) is 8.96. The van der Waals surface area contributed by atoms with Crippen LogP contribution in [-0.4, -0.2) is 36.5 Å². The van der Waals surface area contributed by atoms with Gasteiger partial charge in [0.05, 0.1) is 19.8 Å². The van der Waals surface area contributed by atoms with Crippen LogP contribution in [0.3, 0.4) is 0 Å². The van der Waals surface area contributed by atoms with E-state index >= 15 is 0 Å². The van der Waals surface area contributed by atoms with Crippen molar-refractivity contribution in [2.45, 2.75) is 46.3 Å². The molecule has 2 aliphatic rings. The van der Waals surface area contributed by atoms with Crippen LogP contribution in [0.15, 0.2) is 23.3 Å². The van der Waals surface area contributed by atoms with Gasteiger partial charge in [0.25, 0.3) is 0 Å². The minimum atomic E-state index is -0.514. The highest BCUT2D eigenvalue weighted by Crippen LogP contribution is 2.39. The zero-order valence-electron chi connectivity index (χ0n) is 13.4. The van der Waals surface area contributed by atoms with Crippen molar-refractivity contribution in [1.29, 1.82) is 0 Å². The Balaban J connectivity index is 2.14. The molecule has 1 heterocycles. The van der Waals surface area contributed by atoms with Crippen LogP contribution in [0.2, 0.25) is 0 Å². The fraction of sp³-hybridized carbons (Fsp3) is 0.706. The van der Waals surface area contributed by atoms with Gasteiger partial charge in [-0.3, -0.25) is 4.79 Å². The van der Waals surface area contributed by atoms with Crippen LogP contribution in [0, 0.1) is 11.3 Å². The second-order valence-electron chi connectivity index (χ2n) is 6.82. The lowest BCUT2D eigenvalue weighted by atomic mass is 9.71. The molecule has 2 rings (SSSR count). The highest BCUT2D eigenvalue weighted by Gasteiger charge is 2.35. The molecule has 1 aliphatic heterocycles. The molecule has 0 amide bonds. The number of ether oxygens (including phenoxy) is 2. The van der Waals surface area contributed by atoms with Crippen LogP contribution in [0.5, 0.6) is 0 Å². The van der Waals surface area contributed by atoms with E-state index < -0.39 is 5.79 Å². The summed E-state index contributed by atoms with van der Waals surface area (Å²) < 4.78 is 11.3. The van der Waals surface area contributed by atoms with E-state index in [0.717, 1.165) is 11.1 Å². The number of allylic oxidation sites excluding steroid dienone is 2. The molecular formula is C17H26O4. The van der Waals surface area contributed by atoms with Crippen LogP contribution in [-0.2, 0) is 14.3 Å². The molecule has 1 aliphatic carbocycles. The zero-order valence-corrected chi connectivity index (χ0v) is 13.4. The fourth-order valence-electron chi connectivity index (χ4n) is 2.85. The first-order valence-electron chi connectivity index (χ1n) is 7.59. The predicted octanol–water partition coefficient (Wildman–Crippen LogP) is 2.62. The number of aliphatic hydroxyl groups excluding tert-OH is 1. The lowest BCUT2D eigenvalue weighted by Crippen LogP contribution is -2.38. The molecule has 1 N–H and O–H groups in total. The number of aliphatic hydroxyl groups is 1. The summed E-state index contributed by atoms with van der Waals surface area (Å²) in [6, 6.07) is 0. The molecule has 0 bridgehead atoms. The van der Waals surface area contributed by atoms with E-state index in [9.17, 15) is 9.90 Å². The fourth-order valence-corrected chi connectivity index (χ4v) is 2.85. The summed E-state index contributed by atoms with van der Waals surface area (Å²) in [5.41, 5.74) is 1.39. The Morgan fingerprint density at radius 2 is 1.90 bits per heavy atom. The number of ketones is 1. The third kappa shape index (κ3) is 3.62. The first-order chi connectivity index (χ1) is 9.77. The van der Waals surface area contributed by atoms with E-state index in [1.54, 1.807) is 0 Å². The quantitative estimate of drug-likeness (QED) is 0.869. The molecule has 0 aromatic rings. The van der Waals surface area contributed by atoms with Crippen LogP contribution in [0.4, 0.5) is 0 Å². The minimum Gasteiger partial charge on any atom is -0.395 e. The first-order valence-corrected chi connectivity index (χ1v) is 7.59. The Morgan fingerprint density at radius 1 is 1.29 bits per heavy atom. The van der Waals surface area contributed by atoms with Gasteiger partial charge in [-0.2, -0.15) is 0 Å². The number of Topliss-reactive ketones (excluding diaryl/α,β-unsaturated/α-hetero) is 1. The van der Waals surface area contributed by atoms with Crippen LogP contribution in [0.1, 0.15) is 40.5 Å². The smallest absolute Gasteiger partial charge is 0.162 e. The molecule has 1 saturated heterocycles. The maximum Gasteiger partial charge on any atom is 0.162 e. The van der Waals surface area contributed by atoms with Gasteiger partial charge in [0.2, 0.25) is 0 Å². The molecule has 0 saturated carbocycles. The van der Waals surface area contributed by atoms with Gasteiger partial charge in [-0.15, -0.1) is 0 Å². The molecule has 21 heavy (non-hydrogen) atoms. The van der Waals surface area contributed by atoms with E-state index in [1.165, 1.54) is 0 Å². The van der Waals surface area contributed by atoms with Crippen molar-refractivity contribution in [3.63, 3.8) is 0 Å². The number of carbonyl (C=O) groups excluding carboxylic acids is 1. The van der Waals surface area contributed by atoms with Gasteiger partial charge in [-0.25, -0.2) is 0 Å². The summed E-state index contributed by atoms with van der Waals surface area (Å²) >= 11 is 0. The van der Waals surface area contributed by atoms with Gasteiger partial charge in [-0.1, -0.05) is 19.1 Å². The van der Waals surface area contributed by atoms with Crippen LogP contribution < -0.4 is 0 Å². The van der Waals surface area contributed by atoms with E-state index in [-0.39, 0.29) is 23.7 Å². The van der Waals surface area contributed by atoms with Crippen molar-refractivity contribution in [2.75, 3.05) is 19.8 Å². The highest BCUT2D eigenvalue weighted by atomic mass is 16.7. The number of hydrogen-bond acceptors (Lipinski definition) is 4. The van der Waals surface area contributed by atoms with Gasteiger partial charge in [0.1, 0.15) is 0 Å². The van der Waals surface area contributed by atoms with Crippen molar-refractivity contribution in [1.82, 2.24) is 0 Å². The van der Waals surface area contributed by atoms with Crippen LogP contribution >= 0.6 is 0 Å². The zero-order chi connectivity index (χ0) is 15.7. The van der Waals surface area contributed by atoms with Crippen molar-refractivity contribution in [2.24, 2.45) is 11.3 Å². The summed E-state index contributed by atoms with van der Waals surface area (Å²) in [5.74, 6) is -0.156. The molecule has 0 unspecified atom stereocenters. The lowest BCUT2D eigenvalue weighted by Gasteiger charge is -2.35. The Morgan fingerprint density at radius 3 is 2.48 bits per heavy atom. The first kappa shape index (κ1) is 16.4. The normalized spacial score (nSPS) is 31.2. The van der Waals surface area contributed by atoms with Crippen molar-refractivity contribution in [3.8, 4) is 0 Å². The average Bonchev–Trinajstić information content (AvgIpc) is 2.45. The topological polar surface area (TPSA) is 55.8 Å². The average molecular weight is 294 g/mol. The summed E-state index contributed by atoms with van der Waals surface area (Å²) in [4.78, 5) is 11.9. The van der Waals surface area contributed by atoms with E-state index in [2.05, 4.69) is 0 Å². The van der Waals surface area contributed by atoms with Crippen molar-refractivity contribution < 1.29 is 19.4 Å². The van der Waals surface area contributed by atoms with E-state index in [0.29, 0.717) is 26.1 Å². The molecule has 0 spiro atoms. The Hall–Kier alpha value is -0.970. The molecule has 0 aromatic heterocycles. The van der Waals surface area contributed by atoms with Crippen molar-refractivity contribution in [3.05, 3.63) is 23.3 Å². The largest absolute Gasteiger partial charge is 0.395 e. The minimum absolute atomic E-state index is 0.0575. The molecule has 4 heteroatoms. The van der Waals surface area contributed by atoms with Crippen LogP contribution in [0.25, 0.3) is 0 Å².